The van der Waals surface area contributed by atoms with Gasteiger partial charge in [0.1, 0.15) is 17.3 Å². The molecule has 1 aliphatic heterocycles. The van der Waals surface area contributed by atoms with E-state index in [1.54, 1.807) is 36.4 Å². The third-order valence-electron chi connectivity index (χ3n) is 6.03. The van der Waals surface area contributed by atoms with E-state index in [1.807, 2.05) is 30.3 Å². The number of para-hydroxylation sites is 1. The van der Waals surface area contributed by atoms with Crippen LogP contribution in [-0.4, -0.2) is 23.9 Å². The van der Waals surface area contributed by atoms with Crippen LogP contribution >= 0.6 is 0 Å². The summed E-state index contributed by atoms with van der Waals surface area (Å²) in [4.78, 5) is 27.9. The summed E-state index contributed by atoms with van der Waals surface area (Å²) < 4.78 is 19.1. The molecular weight excluding hydrogens is 433 g/mol. The summed E-state index contributed by atoms with van der Waals surface area (Å²) in [5, 5.41) is 13.1. The minimum Gasteiger partial charge on any atom is -0.507 e. The molecule has 1 atom stereocenters. The second kappa shape index (κ2) is 8.48. The fraction of sp³-hybridized carbons (Fsp3) is 0.0714. The maximum absolute atomic E-state index is 13.6. The lowest BCUT2D eigenvalue weighted by Gasteiger charge is -2.26. The predicted molar refractivity (Wildman–Crippen MR) is 128 cm³/mol. The second-order valence-electron chi connectivity index (χ2n) is 7.91. The van der Waals surface area contributed by atoms with Crippen LogP contribution in [0.3, 0.4) is 0 Å². The van der Waals surface area contributed by atoms with Gasteiger partial charge in [-0.25, -0.2) is 4.39 Å². The number of aliphatic hydroxyl groups excluding tert-OH is 1. The Balaban J connectivity index is 1.80. The van der Waals surface area contributed by atoms with Crippen LogP contribution in [0.25, 0.3) is 16.5 Å². The maximum Gasteiger partial charge on any atom is 0.300 e. The first kappa shape index (κ1) is 21.4. The molecule has 1 amide bonds. The summed E-state index contributed by atoms with van der Waals surface area (Å²) in [6, 6.07) is 24.2. The first-order chi connectivity index (χ1) is 16.5. The number of carbonyl (C=O) groups excluding carboxylic acids is 2. The van der Waals surface area contributed by atoms with Gasteiger partial charge in [-0.3, -0.25) is 14.5 Å². The first-order valence-corrected chi connectivity index (χ1v) is 10.7. The van der Waals surface area contributed by atoms with Crippen molar-refractivity contribution < 1.29 is 23.8 Å². The minimum absolute atomic E-state index is 0.0600. The van der Waals surface area contributed by atoms with Crippen molar-refractivity contribution in [1.82, 2.24) is 0 Å². The Morgan fingerprint density at radius 2 is 1.56 bits per heavy atom. The van der Waals surface area contributed by atoms with E-state index in [0.717, 1.165) is 10.8 Å². The minimum atomic E-state index is -0.972. The number of rotatable bonds is 4. The van der Waals surface area contributed by atoms with Gasteiger partial charge in [0.15, 0.2) is 0 Å². The number of hydrogen-bond donors (Lipinski definition) is 1. The number of amides is 1. The number of ether oxygens (including phenoxy) is 1. The highest BCUT2D eigenvalue weighted by Crippen LogP contribution is 2.45. The van der Waals surface area contributed by atoms with Gasteiger partial charge in [0.05, 0.1) is 18.7 Å². The van der Waals surface area contributed by atoms with E-state index in [2.05, 4.69) is 0 Å². The maximum atomic E-state index is 13.6. The molecule has 5 nitrogen and oxygen atoms in total. The van der Waals surface area contributed by atoms with Crippen molar-refractivity contribution in [2.75, 3.05) is 12.0 Å². The van der Waals surface area contributed by atoms with Crippen LogP contribution in [0, 0.1) is 5.82 Å². The van der Waals surface area contributed by atoms with Gasteiger partial charge in [0, 0.05) is 16.8 Å². The quantitative estimate of drug-likeness (QED) is 0.248. The normalized spacial score (nSPS) is 17.4. The van der Waals surface area contributed by atoms with Crippen LogP contribution < -0.4 is 9.64 Å². The zero-order valence-corrected chi connectivity index (χ0v) is 18.2. The molecule has 1 heterocycles. The van der Waals surface area contributed by atoms with E-state index in [0.29, 0.717) is 22.6 Å². The Labute approximate surface area is 195 Å². The monoisotopic (exact) mass is 453 g/mol. The summed E-state index contributed by atoms with van der Waals surface area (Å²) in [5.74, 6) is -1.94. The van der Waals surface area contributed by atoms with Gasteiger partial charge < -0.3 is 9.84 Å². The van der Waals surface area contributed by atoms with Crippen molar-refractivity contribution in [2.45, 2.75) is 6.04 Å². The molecule has 1 N–H and O–H groups in total. The number of benzene rings is 4. The molecular formula is C28H20FNO4. The van der Waals surface area contributed by atoms with Crippen molar-refractivity contribution in [3.63, 3.8) is 0 Å². The third-order valence-corrected chi connectivity index (χ3v) is 6.03. The number of carbonyl (C=O) groups is 2. The molecule has 1 fully saturated rings. The molecule has 6 heteroatoms. The second-order valence-corrected chi connectivity index (χ2v) is 7.91. The van der Waals surface area contributed by atoms with Crippen LogP contribution in [0.4, 0.5) is 10.1 Å². The molecule has 168 valence electrons. The molecule has 0 aliphatic carbocycles. The lowest BCUT2D eigenvalue weighted by molar-refractivity contribution is -0.132. The smallest absolute Gasteiger partial charge is 0.300 e. The zero-order valence-electron chi connectivity index (χ0n) is 18.2. The van der Waals surface area contributed by atoms with Gasteiger partial charge in [-0.2, -0.15) is 0 Å². The number of methoxy groups -OCH3 is 1. The van der Waals surface area contributed by atoms with Gasteiger partial charge in [-0.15, -0.1) is 0 Å². The lowest BCUT2D eigenvalue weighted by atomic mass is 9.92. The van der Waals surface area contributed by atoms with Crippen molar-refractivity contribution in [3.05, 3.63) is 114 Å². The molecule has 5 rings (SSSR count). The number of halogens is 1. The Morgan fingerprint density at radius 3 is 2.32 bits per heavy atom. The van der Waals surface area contributed by atoms with Crippen LogP contribution in [-0.2, 0) is 9.59 Å². The average molecular weight is 453 g/mol. The van der Waals surface area contributed by atoms with Crippen molar-refractivity contribution in [1.29, 1.82) is 0 Å². The van der Waals surface area contributed by atoms with Gasteiger partial charge in [-0.05, 0) is 41.1 Å². The summed E-state index contributed by atoms with van der Waals surface area (Å²) in [6.07, 6.45) is 0. The van der Waals surface area contributed by atoms with Gasteiger partial charge >= 0.3 is 0 Å². The lowest BCUT2D eigenvalue weighted by Crippen LogP contribution is -2.29. The molecule has 0 spiro atoms. The standard InChI is InChI=1S/C28H20FNO4/c1-34-23-12-5-4-10-22(23)25-24(26(31)21-11-6-8-17-7-2-3-9-20(17)21)27(32)28(33)30(25)19-15-13-18(29)14-16-19/h2-16,25,31H,1H3/b26-24+. The van der Waals surface area contributed by atoms with Crippen LogP contribution in [0.15, 0.2) is 96.6 Å². The topological polar surface area (TPSA) is 66.8 Å². The van der Waals surface area contributed by atoms with Gasteiger partial charge in [0.2, 0.25) is 0 Å². The summed E-state index contributed by atoms with van der Waals surface area (Å²) in [6.45, 7) is 0. The number of nitrogens with zero attached hydrogens (tertiary/aromatic N) is 1. The van der Waals surface area contributed by atoms with Crippen molar-refractivity contribution in [2.24, 2.45) is 0 Å². The molecule has 0 aromatic heterocycles. The highest BCUT2D eigenvalue weighted by atomic mass is 19.1. The fourth-order valence-electron chi connectivity index (χ4n) is 4.46. The largest absolute Gasteiger partial charge is 0.507 e. The molecule has 34 heavy (non-hydrogen) atoms. The van der Waals surface area contributed by atoms with E-state index < -0.39 is 23.5 Å². The van der Waals surface area contributed by atoms with E-state index in [-0.39, 0.29) is 11.3 Å². The van der Waals surface area contributed by atoms with Crippen LogP contribution in [0.5, 0.6) is 5.75 Å². The molecule has 0 saturated carbocycles. The third kappa shape index (κ3) is 3.40. The Morgan fingerprint density at radius 1 is 0.882 bits per heavy atom. The number of Topliss-reactive ketones (excluding diaryl/α,β-unsaturated/α-hetero) is 1. The molecule has 1 saturated heterocycles. The van der Waals surface area contributed by atoms with Crippen LogP contribution in [0.1, 0.15) is 17.2 Å². The SMILES string of the molecule is COc1ccccc1C1/C(=C(\O)c2cccc3ccccc23)C(=O)C(=O)N1c1ccc(F)cc1. The Hall–Kier alpha value is -4.45. The van der Waals surface area contributed by atoms with Crippen molar-refractivity contribution in [3.8, 4) is 5.75 Å². The fourth-order valence-corrected chi connectivity index (χ4v) is 4.46. The molecule has 0 radical (unpaired) electrons. The summed E-state index contributed by atoms with van der Waals surface area (Å²) in [7, 11) is 1.49. The summed E-state index contributed by atoms with van der Waals surface area (Å²) >= 11 is 0. The number of anilines is 1. The number of aliphatic hydroxyl groups is 1. The number of ketones is 1. The summed E-state index contributed by atoms with van der Waals surface area (Å²) in [5.41, 5.74) is 1.23. The van der Waals surface area contributed by atoms with E-state index in [1.165, 1.54) is 36.3 Å². The Kier molecular flexibility index (Phi) is 5.34. The molecule has 4 aromatic carbocycles. The van der Waals surface area contributed by atoms with E-state index in [9.17, 15) is 19.1 Å². The van der Waals surface area contributed by atoms with E-state index >= 15 is 0 Å². The number of fused-ring (bicyclic) bond motifs is 1. The molecule has 0 bridgehead atoms. The zero-order chi connectivity index (χ0) is 23.8. The number of hydrogen-bond acceptors (Lipinski definition) is 4. The molecule has 4 aromatic rings. The highest BCUT2D eigenvalue weighted by Gasteiger charge is 2.48. The predicted octanol–water partition coefficient (Wildman–Crippen LogP) is 5.61. The Bertz CT molecular complexity index is 1450. The van der Waals surface area contributed by atoms with Crippen LogP contribution in [0.2, 0.25) is 0 Å². The van der Waals surface area contributed by atoms with E-state index in [4.69, 9.17) is 4.74 Å². The average Bonchev–Trinajstić information content (AvgIpc) is 3.14. The first-order valence-electron chi connectivity index (χ1n) is 10.7. The molecule has 1 aliphatic rings. The van der Waals surface area contributed by atoms with Gasteiger partial charge in [-0.1, -0.05) is 60.7 Å². The molecule has 1 unspecified atom stereocenters. The van der Waals surface area contributed by atoms with Gasteiger partial charge in [0.25, 0.3) is 11.7 Å². The van der Waals surface area contributed by atoms with Crippen molar-refractivity contribution >= 4 is 33.9 Å². The highest BCUT2D eigenvalue weighted by molar-refractivity contribution is 6.51.